The Bertz CT molecular complexity index is 563. The predicted octanol–water partition coefficient (Wildman–Crippen LogP) is 2.49. The molecule has 1 fully saturated rings. The number of nitrogens with two attached hydrogens (primary N) is 1. The van der Waals surface area contributed by atoms with E-state index in [1.165, 1.54) is 0 Å². The molecule has 1 aliphatic carbocycles. The molecule has 0 aromatic carbocycles. The maximum atomic E-state index is 5.76. The number of hydrogen-bond donors (Lipinski definition) is 1. The highest BCUT2D eigenvalue weighted by molar-refractivity contribution is 5.85. The van der Waals surface area contributed by atoms with Crippen molar-refractivity contribution in [2.45, 2.75) is 38.5 Å². The number of aromatic nitrogens is 4. The molecule has 0 atom stereocenters. The van der Waals surface area contributed by atoms with Crippen molar-refractivity contribution < 1.29 is 4.42 Å². The van der Waals surface area contributed by atoms with E-state index >= 15 is 0 Å². The first kappa shape index (κ1) is 15.9. The Morgan fingerprint density at radius 1 is 1.14 bits per heavy atom. The van der Waals surface area contributed by atoms with Gasteiger partial charge in [-0.25, -0.2) is 4.98 Å². The number of halogens is 1. The molecule has 0 unspecified atom stereocenters. The molecule has 0 aliphatic heterocycles. The Hall–Kier alpha value is -1.53. The highest BCUT2D eigenvalue weighted by atomic mass is 35.5. The molecule has 1 aliphatic rings. The lowest BCUT2D eigenvalue weighted by molar-refractivity contribution is 0.299. The molecule has 2 aromatic rings. The Balaban J connectivity index is 0.00000161. The largest absolute Gasteiger partial charge is 0.419 e. The van der Waals surface area contributed by atoms with Crippen LogP contribution in [0, 0.1) is 12.8 Å². The quantitative estimate of drug-likeness (QED) is 0.936. The van der Waals surface area contributed by atoms with Gasteiger partial charge in [0.1, 0.15) is 5.69 Å². The van der Waals surface area contributed by atoms with E-state index in [0.29, 0.717) is 23.4 Å². The molecule has 0 spiro atoms. The fourth-order valence-electron chi connectivity index (χ4n) is 2.65. The van der Waals surface area contributed by atoms with Crippen LogP contribution in [0.15, 0.2) is 16.8 Å². The van der Waals surface area contributed by atoms with Crippen molar-refractivity contribution in [2.75, 3.05) is 6.54 Å². The first-order valence-electron chi connectivity index (χ1n) is 7.08. The summed E-state index contributed by atoms with van der Waals surface area (Å²) in [5.41, 5.74) is 7.21. The summed E-state index contributed by atoms with van der Waals surface area (Å²) in [6.07, 6.45) is 7.79. The SMILES string of the molecule is Cc1cnc(-c2nnc(C3CCC(CN)CC3)o2)cn1.Cl. The van der Waals surface area contributed by atoms with E-state index in [-0.39, 0.29) is 12.4 Å². The minimum atomic E-state index is 0. The number of aryl methyl sites for hydroxylation is 1. The van der Waals surface area contributed by atoms with Crippen LogP contribution in [0.2, 0.25) is 0 Å². The molecular formula is C14H20ClN5O. The Labute approximate surface area is 130 Å². The lowest BCUT2D eigenvalue weighted by atomic mass is 9.82. The minimum Gasteiger partial charge on any atom is -0.419 e. The van der Waals surface area contributed by atoms with Gasteiger partial charge in [-0.1, -0.05) is 0 Å². The van der Waals surface area contributed by atoms with Crippen molar-refractivity contribution in [1.82, 2.24) is 20.2 Å². The highest BCUT2D eigenvalue weighted by Gasteiger charge is 2.26. The molecule has 21 heavy (non-hydrogen) atoms. The molecule has 2 aromatic heterocycles. The van der Waals surface area contributed by atoms with E-state index in [1.807, 2.05) is 6.92 Å². The smallest absolute Gasteiger partial charge is 0.267 e. The van der Waals surface area contributed by atoms with Crippen molar-refractivity contribution >= 4 is 12.4 Å². The molecule has 2 heterocycles. The summed E-state index contributed by atoms with van der Waals surface area (Å²) in [6.45, 7) is 2.67. The zero-order valence-corrected chi connectivity index (χ0v) is 12.8. The zero-order valence-electron chi connectivity index (χ0n) is 12.0. The van der Waals surface area contributed by atoms with Gasteiger partial charge in [0.05, 0.1) is 11.9 Å². The van der Waals surface area contributed by atoms with Crippen LogP contribution in [-0.2, 0) is 0 Å². The van der Waals surface area contributed by atoms with Gasteiger partial charge in [-0.05, 0) is 45.1 Å². The van der Waals surface area contributed by atoms with Crippen LogP contribution in [-0.4, -0.2) is 26.7 Å². The third-order valence-electron chi connectivity index (χ3n) is 3.97. The Kier molecular flexibility index (Phi) is 5.25. The van der Waals surface area contributed by atoms with Gasteiger partial charge in [-0.15, -0.1) is 22.6 Å². The van der Waals surface area contributed by atoms with Gasteiger partial charge in [-0.2, -0.15) is 0 Å². The fraction of sp³-hybridized carbons (Fsp3) is 0.571. The van der Waals surface area contributed by atoms with Gasteiger partial charge in [0.15, 0.2) is 0 Å². The monoisotopic (exact) mass is 309 g/mol. The topological polar surface area (TPSA) is 90.7 Å². The predicted molar refractivity (Wildman–Crippen MR) is 81.1 cm³/mol. The normalized spacial score (nSPS) is 21.8. The van der Waals surface area contributed by atoms with Crippen molar-refractivity contribution in [1.29, 1.82) is 0 Å². The second-order valence-corrected chi connectivity index (χ2v) is 5.44. The van der Waals surface area contributed by atoms with E-state index in [9.17, 15) is 0 Å². The number of rotatable bonds is 3. The van der Waals surface area contributed by atoms with Crippen LogP contribution < -0.4 is 5.73 Å². The van der Waals surface area contributed by atoms with Crippen LogP contribution in [0.25, 0.3) is 11.6 Å². The van der Waals surface area contributed by atoms with Crippen molar-refractivity contribution in [2.24, 2.45) is 11.7 Å². The van der Waals surface area contributed by atoms with Gasteiger partial charge < -0.3 is 10.2 Å². The molecular weight excluding hydrogens is 290 g/mol. The molecule has 7 heteroatoms. The van der Waals surface area contributed by atoms with Gasteiger partial charge in [0, 0.05) is 12.1 Å². The van der Waals surface area contributed by atoms with Crippen LogP contribution >= 0.6 is 12.4 Å². The van der Waals surface area contributed by atoms with E-state index in [2.05, 4.69) is 20.2 Å². The van der Waals surface area contributed by atoms with Gasteiger partial charge >= 0.3 is 0 Å². The molecule has 0 amide bonds. The van der Waals surface area contributed by atoms with Crippen LogP contribution in [0.5, 0.6) is 0 Å². The van der Waals surface area contributed by atoms with Crippen molar-refractivity contribution in [3.05, 3.63) is 24.0 Å². The Morgan fingerprint density at radius 3 is 2.52 bits per heavy atom. The second kappa shape index (κ2) is 6.95. The van der Waals surface area contributed by atoms with Crippen LogP contribution in [0.4, 0.5) is 0 Å². The first-order valence-corrected chi connectivity index (χ1v) is 7.08. The molecule has 114 valence electrons. The summed E-state index contributed by atoms with van der Waals surface area (Å²) in [6, 6.07) is 0. The van der Waals surface area contributed by atoms with Crippen LogP contribution in [0.1, 0.15) is 43.2 Å². The third kappa shape index (κ3) is 3.57. The summed E-state index contributed by atoms with van der Waals surface area (Å²) >= 11 is 0. The van der Waals surface area contributed by atoms with Crippen molar-refractivity contribution in [3.8, 4) is 11.6 Å². The molecule has 2 N–H and O–H groups in total. The van der Waals surface area contributed by atoms with Gasteiger partial charge in [-0.3, -0.25) is 4.98 Å². The van der Waals surface area contributed by atoms with E-state index in [4.69, 9.17) is 10.2 Å². The summed E-state index contributed by atoms with van der Waals surface area (Å²) < 4.78 is 5.76. The minimum absolute atomic E-state index is 0. The summed E-state index contributed by atoms with van der Waals surface area (Å²) in [4.78, 5) is 8.45. The zero-order chi connectivity index (χ0) is 13.9. The van der Waals surface area contributed by atoms with E-state index in [1.54, 1.807) is 12.4 Å². The highest BCUT2D eigenvalue weighted by Crippen LogP contribution is 2.35. The lowest BCUT2D eigenvalue weighted by Gasteiger charge is -2.25. The molecule has 0 saturated heterocycles. The van der Waals surface area contributed by atoms with E-state index < -0.39 is 0 Å². The third-order valence-corrected chi connectivity index (χ3v) is 3.97. The number of nitrogens with zero attached hydrogens (tertiary/aromatic N) is 4. The Morgan fingerprint density at radius 2 is 1.90 bits per heavy atom. The average Bonchev–Trinajstić information content (AvgIpc) is 2.98. The average molecular weight is 310 g/mol. The standard InChI is InChI=1S/C14H19N5O.ClH/c1-9-7-17-12(8-16-9)14-19-18-13(20-14)11-4-2-10(6-15)3-5-11;/h7-8,10-11H,2-6,15H2,1H3;1H. The molecule has 0 bridgehead atoms. The summed E-state index contributed by atoms with van der Waals surface area (Å²) in [5.74, 6) is 2.18. The molecule has 1 saturated carbocycles. The number of hydrogen-bond acceptors (Lipinski definition) is 6. The maximum Gasteiger partial charge on any atom is 0.267 e. The first-order chi connectivity index (χ1) is 9.76. The molecule has 0 radical (unpaired) electrons. The fourth-order valence-corrected chi connectivity index (χ4v) is 2.65. The summed E-state index contributed by atoms with van der Waals surface area (Å²) in [5, 5.41) is 8.26. The lowest BCUT2D eigenvalue weighted by Crippen LogP contribution is -2.20. The van der Waals surface area contributed by atoms with Crippen LogP contribution in [0.3, 0.4) is 0 Å². The van der Waals surface area contributed by atoms with Gasteiger partial charge in [0.2, 0.25) is 5.89 Å². The molecule has 3 rings (SSSR count). The van der Waals surface area contributed by atoms with E-state index in [0.717, 1.165) is 43.8 Å². The second-order valence-electron chi connectivity index (χ2n) is 5.44. The van der Waals surface area contributed by atoms with Crippen molar-refractivity contribution in [3.63, 3.8) is 0 Å². The maximum absolute atomic E-state index is 5.76. The molecule has 6 nitrogen and oxygen atoms in total. The van der Waals surface area contributed by atoms with Gasteiger partial charge in [0.25, 0.3) is 5.89 Å². The summed E-state index contributed by atoms with van der Waals surface area (Å²) in [7, 11) is 0.